The number of rotatable bonds is 8. The standard InChI is InChI=1S/C20H28N4O4S/c1-3-28-16-6-4-15(5-7-16)21-18(25)14-17-19(26)22(2)20(29)24(17)9-8-23-10-12-27-13-11-23/h4-7,17H,3,8-14H2,1-2H3,(H,21,25)/p+1/t17-/m1/s1. The van der Waals surface area contributed by atoms with Gasteiger partial charge in [-0.2, -0.15) is 0 Å². The van der Waals surface area contributed by atoms with E-state index in [1.807, 2.05) is 11.8 Å². The lowest BCUT2D eigenvalue weighted by Crippen LogP contribution is -3.14. The van der Waals surface area contributed by atoms with Crippen molar-refractivity contribution >= 4 is 34.8 Å². The van der Waals surface area contributed by atoms with Crippen molar-refractivity contribution in [3.8, 4) is 5.75 Å². The first kappa shape index (κ1) is 21.5. The van der Waals surface area contributed by atoms with E-state index in [0.717, 1.165) is 38.6 Å². The monoisotopic (exact) mass is 421 g/mol. The minimum absolute atomic E-state index is 0.0645. The number of benzene rings is 1. The molecule has 29 heavy (non-hydrogen) atoms. The summed E-state index contributed by atoms with van der Waals surface area (Å²) in [5.41, 5.74) is 0.671. The van der Waals surface area contributed by atoms with Crippen LogP contribution in [0.1, 0.15) is 13.3 Å². The van der Waals surface area contributed by atoms with Crippen LogP contribution in [0, 0.1) is 0 Å². The normalized spacial score (nSPS) is 20.3. The van der Waals surface area contributed by atoms with E-state index in [2.05, 4.69) is 5.32 Å². The summed E-state index contributed by atoms with van der Waals surface area (Å²) >= 11 is 5.46. The second kappa shape index (κ2) is 10.00. The van der Waals surface area contributed by atoms with Crippen LogP contribution >= 0.6 is 12.2 Å². The van der Waals surface area contributed by atoms with Crippen LogP contribution in [0.5, 0.6) is 5.75 Å². The molecule has 2 aliphatic heterocycles. The Kier molecular flexibility index (Phi) is 7.40. The number of likely N-dealkylation sites (N-methyl/N-ethyl adjacent to an activating group) is 1. The van der Waals surface area contributed by atoms with Crippen LogP contribution in [-0.2, 0) is 14.3 Å². The van der Waals surface area contributed by atoms with Crippen LogP contribution in [0.2, 0.25) is 0 Å². The highest BCUT2D eigenvalue weighted by Gasteiger charge is 2.41. The molecule has 3 rings (SSSR count). The van der Waals surface area contributed by atoms with Crippen molar-refractivity contribution in [3.05, 3.63) is 24.3 Å². The fraction of sp³-hybridized carbons (Fsp3) is 0.550. The van der Waals surface area contributed by atoms with Crippen molar-refractivity contribution in [2.75, 3.05) is 58.4 Å². The lowest BCUT2D eigenvalue weighted by molar-refractivity contribution is -0.907. The number of quaternary nitrogens is 1. The first-order valence-electron chi connectivity index (χ1n) is 10.0. The molecule has 158 valence electrons. The van der Waals surface area contributed by atoms with Crippen molar-refractivity contribution in [1.29, 1.82) is 0 Å². The Morgan fingerprint density at radius 3 is 2.66 bits per heavy atom. The van der Waals surface area contributed by atoms with E-state index in [4.69, 9.17) is 21.7 Å². The third kappa shape index (κ3) is 5.43. The van der Waals surface area contributed by atoms with E-state index in [9.17, 15) is 9.59 Å². The van der Waals surface area contributed by atoms with Crippen LogP contribution in [-0.4, -0.2) is 85.8 Å². The zero-order valence-electron chi connectivity index (χ0n) is 17.0. The molecule has 8 nitrogen and oxygen atoms in total. The quantitative estimate of drug-likeness (QED) is 0.565. The number of morpholine rings is 1. The molecule has 2 saturated heterocycles. The average molecular weight is 422 g/mol. The van der Waals surface area contributed by atoms with Gasteiger partial charge in [0.25, 0.3) is 5.91 Å². The SMILES string of the molecule is CCOc1ccc(NC(=O)C[C@@H]2C(=O)N(C)C(=S)N2CC[NH+]2CCOCC2)cc1. The Hall–Kier alpha value is -2.23. The van der Waals surface area contributed by atoms with E-state index in [-0.39, 0.29) is 18.2 Å². The van der Waals surface area contributed by atoms with E-state index in [1.165, 1.54) is 9.80 Å². The van der Waals surface area contributed by atoms with Gasteiger partial charge in [0.05, 0.1) is 39.3 Å². The van der Waals surface area contributed by atoms with E-state index < -0.39 is 6.04 Å². The predicted molar refractivity (Wildman–Crippen MR) is 113 cm³/mol. The number of carbonyl (C=O) groups excluding carboxylic acids is 2. The number of hydrogen-bond acceptors (Lipinski definition) is 5. The molecule has 0 saturated carbocycles. The maximum atomic E-state index is 12.7. The summed E-state index contributed by atoms with van der Waals surface area (Å²) in [6, 6.07) is 6.63. The Labute approximate surface area is 176 Å². The molecule has 2 amide bonds. The second-order valence-corrected chi connectivity index (χ2v) is 7.58. The molecular formula is C20H29N4O4S+. The van der Waals surface area contributed by atoms with Gasteiger partial charge in [0.2, 0.25) is 5.91 Å². The fourth-order valence-electron chi connectivity index (χ4n) is 3.60. The summed E-state index contributed by atoms with van der Waals surface area (Å²) < 4.78 is 10.8. The maximum absolute atomic E-state index is 12.7. The van der Waals surface area contributed by atoms with Crippen molar-refractivity contribution in [2.24, 2.45) is 0 Å². The minimum Gasteiger partial charge on any atom is -0.494 e. The molecule has 0 radical (unpaired) electrons. The highest BCUT2D eigenvalue weighted by atomic mass is 32.1. The van der Waals surface area contributed by atoms with Gasteiger partial charge >= 0.3 is 0 Å². The van der Waals surface area contributed by atoms with E-state index in [0.29, 0.717) is 24.0 Å². The summed E-state index contributed by atoms with van der Waals surface area (Å²) in [5, 5.41) is 3.35. The van der Waals surface area contributed by atoms with Gasteiger partial charge in [-0.3, -0.25) is 14.5 Å². The molecular weight excluding hydrogens is 392 g/mol. The fourth-order valence-corrected chi connectivity index (χ4v) is 3.91. The van der Waals surface area contributed by atoms with Crippen molar-refractivity contribution in [3.63, 3.8) is 0 Å². The molecule has 0 aliphatic carbocycles. The molecule has 9 heteroatoms. The van der Waals surface area contributed by atoms with E-state index in [1.54, 1.807) is 31.3 Å². The molecule has 2 fully saturated rings. The molecule has 2 heterocycles. The average Bonchev–Trinajstić information content (AvgIpc) is 2.92. The third-order valence-electron chi connectivity index (χ3n) is 5.26. The lowest BCUT2D eigenvalue weighted by Gasteiger charge is -2.28. The number of ether oxygens (including phenoxy) is 2. The highest BCUT2D eigenvalue weighted by molar-refractivity contribution is 7.80. The van der Waals surface area contributed by atoms with Crippen LogP contribution in [0.15, 0.2) is 24.3 Å². The molecule has 1 aromatic rings. The van der Waals surface area contributed by atoms with Crippen LogP contribution in [0.25, 0.3) is 0 Å². The van der Waals surface area contributed by atoms with Gasteiger partial charge < -0.3 is 24.6 Å². The van der Waals surface area contributed by atoms with Gasteiger partial charge in [0.1, 0.15) is 24.9 Å². The number of anilines is 1. The molecule has 1 atom stereocenters. The number of hydrogen-bond donors (Lipinski definition) is 2. The van der Waals surface area contributed by atoms with E-state index >= 15 is 0 Å². The Bertz CT molecular complexity index is 737. The Balaban J connectivity index is 1.58. The first-order chi connectivity index (χ1) is 14.0. The lowest BCUT2D eigenvalue weighted by atomic mass is 10.1. The molecule has 0 spiro atoms. The number of thiocarbonyl (C=S) groups is 1. The van der Waals surface area contributed by atoms with Crippen molar-refractivity contribution < 1.29 is 24.0 Å². The topological polar surface area (TPSA) is 75.6 Å². The molecule has 0 unspecified atom stereocenters. The van der Waals surface area contributed by atoms with Crippen molar-refractivity contribution in [1.82, 2.24) is 9.80 Å². The summed E-state index contributed by atoms with van der Waals surface area (Å²) in [7, 11) is 1.67. The van der Waals surface area contributed by atoms with Crippen LogP contribution < -0.4 is 15.0 Å². The van der Waals surface area contributed by atoms with Gasteiger partial charge in [0.15, 0.2) is 5.11 Å². The first-order valence-corrected chi connectivity index (χ1v) is 10.4. The zero-order chi connectivity index (χ0) is 20.8. The van der Waals surface area contributed by atoms with Crippen LogP contribution in [0.4, 0.5) is 5.69 Å². The molecule has 0 bridgehead atoms. The molecule has 2 aliphatic rings. The maximum Gasteiger partial charge on any atom is 0.251 e. The van der Waals surface area contributed by atoms with Crippen molar-refractivity contribution in [2.45, 2.75) is 19.4 Å². The van der Waals surface area contributed by atoms with Gasteiger partial charge in [-0.05, 0) is 43.4 Å². The molecule has 1 aromatic carbocycles. The molecule has 0 aromatic heterocycles. The van der Waals surface area contributed by atoms with Crippen LogP contribution in [0.3, 0.4) is 0 Å². The Morgan fingerprint density at radius 1 is 1.31 bits per heavy atom. The van der Waals surface area contributed by atoms with Gasteiger partial charge in [-0.1, -0.05) is 0 Å². The minimum atomic E-state index is -0.560. The van der Waals surface area contributed by atoms with Gasteiger partial charge in [-0.15, -0.1) is 0 Å². The number of carbonyl (C=O) groups is 2. The summed E-state index contributed by atoms with van der Waals surface area (Å²) in [5.74, 6) is 0.406. The Morgan fingerprint density at radius 2 is 2.00 bits per heavy atom. The summed E-state index contributed by atoms with van der Waals surface area (Å²) in [6.07, 6.45) is 0.0645. The predicted octanol–water partition coefficient (Wildman–Crippen LogP) is -0.243. The summed E-state index contributed by atoms with van der Waals surface area (Å²) in [6.45, 7) is 7.43. The highest BCUT2D eigenvalue weighted by Crippen LogP contribution is 2.20. The number of nitrogens with one attached hydrogen (secondary N) is 2. The molecule has 2 N–H and O–H groups in total. The smallest absolute Gasteiger partial charge is 0.251 e. The largest absolute Gasteiger partial charge is 0.494 e. The number of amides is 2. The third-order valence-corrected chi connectivity index (χ3v) is 5.77. The summed E-state index contributed by atoms with van der Waals surface area (Å²) in [4.78, 5) is 30.0. The van der Waals surface area contributed by atoms with Gasteiger partial charge in [-0.25, -0.2) is 0 Å². The van der Waals surface area contributed by atoms with Gasteiger partial charge in [0, 0.05) is 12.7 Å². The zero-order valence-corrected chi connectivity index (χ0v) is 17.8. The second-order valence-electron chi connectivity index (χ2n) is 7.21. The number of nitrogens with zero attached hydrogens (tertiary/aromatic N) is 2.